The number of imide groups is 1. The number of nitrogens with zero attached hydrogens (tertiary/aromatic N) is 2. The molecule has 0 aliphatic carbocycles. The van der Waals surface area contributed by atoms with E-state index in [2.05, 4.69) is 5.32 Å². The zero-order chi connectivity index (χ0) is 23.0. The van der Waals surface area contributed by atoms with Crippen LogP contribution in [0, 0.1) is 6.92 Å². The number of anilines is 1. The second-order valence-corrected chi connectivity index (χ2v) is 10.4. The van der Waals surface area contributed by atoms with Crippen molar-refractivity contribution in [2.75, 3.05) is 18.4 Å². The SMILES string of the molecule is Cc1ccc(C2=C(Nc3cccc(S(=O)(=O)N4CCCC4)c3)C(=O)N(C(C)C)C2=O)cc1. The maximum atomic E-state index is 13.2. The quantitative estimate of drug-likeness (QED) is 0.678. The molecule has 2 aliphatic rings. The van der Waals surface area contributed by atoms with Crippen molar-refractivity contribution in [1.82, 2.24) is 9.21 Å². The summed E-state index contributed by atoms with van der Waals surface area (Å²) in [7, 11) is -3.60. The molecule has 4 rings (SSSR count). The van der Waals surface area contributed by atoms with Crippen molar-refractivity contribution in [2.45, 2.75) is 44.6 Å². The lowest BCUT2D eigenvalue weighted by molar-refractivity contribution is -0.138. The number of benzene rings is 2. The second kappa shape index (κ2) is 8.52. The van der Waals surface area contributed by atoms with E-state index in [1.54, 1.807) is 32.0 Å². The topological polar surface area (TPSA) is 86.8 Å². The van der Waals surface area contributed by atoms with Gasteiger partial charge in [0.2, 0.25) is 10.0 Å². The maximum absolute atomic E-state index is 13.2. The van der Waals surface area contributed by atoms with Gasteiger partial charge in [-0.1, -0.05) is 35.9 Å². The molecule has 0 radical (unpaired) electrons. The lowest BCUT2D eigenvalue weighted by Gasteiger charge is -2.19. The summed E-state index contributed by atoms with van der Waals surface area (Å²) in [5.41, 5.74) is 2.57. The monoisotopic (exact) mass is 453 g/mol. The first kappa shape index (κ1) is 22.2. The van der Waals surface area contributed by atoms with Gasteiger partial charge in [0.1, 0.15) is 5.70 Å². The Hall–Kier alpha value is -2.97. The molecule has 1 fully saturated rings. The van der Waals surface area contributed by atoms with Crippen LogP contribution in [0.5, 0.6) is 0 Å². The fourth-order valence-corrected chi connectivity index (χ4v) is 5.64. The van der Waals surface area contributed by atoms with Gasteiger partial charge in [-0.2, -0.15) is 4.31 Å². The van der Waals surface area contributed by atoms with Crippen molar-refractivity contribution in [1.29, 1.82) is 0 Å². The van der Waals surface area contributed by atoms with E-state index in [1.165, 1.54) is 15.3 Å². The zero-order valence-electron chi connectivity index (χ0n) is 18.5. The highest BCUT2D eigenvalue weighted by Gasteiger charge is 2.40. The number of sulfonamides is 1. The van der Waals surface area contributed by atoms with Gasteiger partial charge in [-0.05, 0) is 57.4 Å². The van der Waals surface area contributed by atoms with Gasteiger partial charge < -0.3 is 5.32 Å². The summed E-state index contributed by atoms with van der Waals surface area (Å²) in [6.45, 7) is 6.55. The third-order valence-electron chi connectivity index (χ3n) is 5.78. The highest BCUT2D eigenvalue weighted by atomic mass is 32.2. The Morgan fingerprint density at radius 3 is 2.22 bits per heavy atom. The second-order valence-electron chi connectivity index (χ2n) is 8.45. The number of carbonyl (C=O) groups excluding carboxylic acids is 2. The van der Waals surface area contributed by atoms with Gasteiger partial charge in [-0.3, -0.25) is 14.5 Å². The average Bonchev–Trinajstić information content (AvgIpc) is 3.37. The Morgan fingerprint density at radius 1 is 0.938 bits per heavy atom. The Labute approximate surface area is 188 Å². The van der Waals surface area contributed by atoms with Crippen LogP contribution in [0.15, 0.2) is 59.1 Å². The number of rotatable bonds is 6. The summed E-state index contributed by atoms with van der Waals surface area (Å²) in [5.74, 6) is -0.787. The van der Waals surface area contributed by atoms with E-state index in [1.807, 2.05) is 31.2 Å². The number of hydrogen-bond acceptors (Lipinski definition) is 5. The van der Waals surface area contributed by atoms with Crippen LogP contribution in [0.25, 0.3) is 5.57 Å². The molecule has 0 aromatic heterocycles. The van der Waals surface area contributed by atoms with Gasteiger partial charge in [0.25, 0.3) is 11.8 Å². The van der Waals surface area contributed by atoms with Crippen molar-refractivity contribution in [3.63, 3.8) is 0 Å². The number of amides is 2. The molecule has 1 saturated heterocycles. The molecule has 2 amide bonds. The molecule has 0 spiro atoms. The molecule has 2 aromatic rings. The van der Waals surface area contributed by atoms with Crippen LogP contribution in [-0.4, -0.2) is 48.6 Å². The number of hydrogen-bond donors (Lipinski definition) is 1. The predicted molar refractivity (Wildman–Crippen MR) is 123 cm³/mol. The minimum atomic E-state index is -3.60. The van der Waals surface area contributed by atoms with E-state index < -0.39 is 15.9 Å². The summed E-state index contributed by atoms with van der Waals surface area (Å²) in [6, 6.07) is 13.5. The summed E-state index contributed by atoms with van der Waals surface area (Å²) >= 11 is 0. The van der Waals surface area contributed by atoms with E-state index in [-0.39, 0.29) is 28.1 Å². The molecule has 0 atom stereocenters. The number of carbonyl (C=O) groups is 2. The molecule has 168 valence electrons. The highest BCUT2D eigenvalue weighted by Crippen LogP contribution is 2.32. The predicted octanol–water partition coefficient (Wildman–Crippen LogP) is 3.38. The maximum Gasteiger partial charge on any atom is 0.278 e. The Kier molecular flexibility index (Phi) is 5.92. The van der Waals surface area contributed by atoms with Crippen LogP contribution in [-0.2, 0) is 19.6 Å². The molecule has 2 aliphatic heterocycles. The lowest BCUT2D eigenvalue weighted by atomic mass is 10.0. The molecule has 7 nitrogen and oxygen atoms in total. The van der Waals surface area contributed by atoms with Crippen LogP contribution < -0.4 is 5.32 Å². The molecule has 1 N–H and O–H groups in total. The van der Waals surface area contributed by atoms with Crippen LogP contribution in [0.3, 0.4) is 0 Å². The minimum absolute atomic E-state index is 0.156. The van der Waals surface area contributed by atoms with Gasteiger partial charge in [0.05, 0.1) is 10.5 Å². The molecule has 0 saturated carbocycles. The Bertz CT molecular complexity index is 1190. The van der Waals surface area contributed by atoms with E-state index in [4.69, 9.17) is 0 Å². The first-order valence-corrected chi connectivity index (χ1v) is 12.2. The molecular weight excluding hydrogens is 426 g/mol. The zero-order valence-corrected chi connectivity index (χ0v) is 19.3. The molecule has 2 heterocycles. The molecular formula is C24H27N3O4S. The lowest BCUT2D eigenvalue weighted by Crippen LogP contribution is -2.38. The largest absolute Gasteiger partial charge is 0.350 e. The standard InChI is InChI=1S/C24H27N3O4S/c1-16(2)27-23(28)21(18-11-9-17(3)10-12-18)22(24(27)29)25-19-7-6-8-20(15-19)32(30,31)26-13-4-5-14-26/h6-12,15-16,25H,4-5,13-14H2,1-3H3. The van der Waals surface area contributed by atoms with Crippen LogP contribution in [0.1, 0.15) is 37.8 Å². The van der Waals surface area contributed by atoms with Crippen molar-refractivity contribution < 1.29 is 18.0 Å². The van der Waals surface area contributed by atoms with Crippen molar-refractivity contribution >= 4 is 33.1 Å². The van der Waals surface area contributed by atoms with Gasteiger partial charge >= 0.3 is 0 Å². The summed E-state index contributed by atoms with van der Waals surface area (Å²) in [4.78, 5) is 27.7. The van der Waals surface area contributed by atoms with E-state index in [0.717, 1.165) is 18.4 Å². The number of aryl methyl sites for hydroxylation is 1. The van der Waals surface area contributed by atoms with E-state index >= 15 is 0 Å². The molecule has 32 heavy (non-hydrogen) atoms. The summed E-state index contributed by atoms with van der Waals surface area (Å²) < 4.78 is 27.4. The van der Waals surface area contributed by atoms with Crippen molar-refractivity contribution in [3.8, 4) is 0 Å². The molecule has 2 aromatic carbocycles. The van der Waals surface area contributed by atoms with Crippen LogP contribution in [0.4, 0.5) is 5.69 Å². The fraction of sp³-hybridized carbons (Fsp3) is 0.333. The smallest absolute Gasteiger partial charge is 0.278 e. The first-order chi connectivity index (χ1) is 15.2. The molecule has 8 heteroatoms. The molecule has 0 unspecified atom stereocenters. The van der Waals surface area contributed by atoms with Gasteiger partial charge in [0.15, 0.2) is 0 Å². The van der Waals surface area contributed by atoms with Gasteiger partial charge in [0, 0.05) is 24.8 Å². The van der Waals surface area contributed by atoms with Crippen LogP contribution in [0.2, 0.25) is 0 Å². The Balaban J connectivity index is 1.74. The van der Waals surface area contributed by atoms with Crippen molar-refractivity contribution in [3.05, 3.63) is 65.4 Å². The summed E-state index contributed by atoms with van der Waals surface area (Å²) in [5, 5.41) is 3.06. The van der Waals surface area contributed by atoms with Crippen LogP contribution >= 0.6 is 0 Å². The third-order valence-corrected chi connectivity index (χ3v) is 7.67. The number of nitrogens with one attached hydrogen (secondary N) is 1. The Morgan fingerprint density at radius 2 is 1.59 bits per heavy atom. The summed E-state index contributed by atoms with van der Waals surface area (Å²) in [6.07, 6.45) is 1.71. The highest BCUT2D eigenvalue weighted by molar-refractivity contribution is 7.89. The van der Waals surface area contributed by atoms with E-state index in [0.29, 0.717) is 24.3 Å². The fourth-order valence-electron chi connectivity index (χ4n) is 4.08. The first-order valence-electron chi connectivity index (χ1n) is 10.8. The molecule has 0 bridgehead atoms. The minimum Gasteiger partial charge on any atom is -0.350 e. The normalized spacial score (nSPS) is 17.7. The van der Waals surface area contributed by atoms with E-state index in [9.17, 15) is 18.0 Å². The van der Waals surface area contributed by atoms with Gasteiger partial charge in [-0.25, -0.2) is 8.42 Å². The van der Waals surface area contributed by atoms with Gasteiger partial charge in [-0.15, -0.1) is 0 Å². The average molecular weight is 454 g/mol. The van der Waals surface area contributed by atoms with Crippen molar-refractivity contribution in [2.24, 2.45) is 0 Å². The third kappa shape index (κ3) is 3.96.